The van der Waals surface area contributed by atoms with E-state index in [1.54, 1.807) is 56.5 Å². The number of halogens is 1. The van der Waals surface area contributed by atoms with Gasteiger partial charge in [0.15, 0.2) is 11.5 Å². The van der Waals surface area contributed by atoms with E-state index < -0.39 is 5.82 Å². The number of nitrogens with zero attached hydrogens (tertiary/aromatic N) is 6. The van der Waals surface area contributed by atoms with E-state index in [-0.39, 0.29) is 12.0 Å². The van der Waals surface area contributed by atoms with Crippen molar-refractivity contribution in [2.45, 2.75) is 25.9 Å². The molecule has 3 aromatic heterocycles. The maximum Gasteiger partial charge on any atom is 0.245 e. The molecular weight excluding hydrogens is 593 g/mol. The second kappa shape index (κ2) is 13.1. The molecule has 0 atom stereocenters. The van der Waals surface area contributed by atoms with Crippen LogP contribution >= 0.6 is 0 Å². The molecule has 0 unspecified atom stereocenters. The van der Waals surface area contributed by atoms with E-state index in [0.717, 1.165) is 0 Å². The van der Waals surface area contributed by atoms with Crippen LogP contribution in [0.3, 0.4) is 0 Å². The molecule has 0 spiro atoms. The molecule has 0 saturated carbocycles. The van der Waals surface area contributed by atoms with Crippen LogP contribution in [0.15, 0.2) is 73.8 Å². The van der Waals surface area contributed by atoms with E-state index in [2.05, 4.69) is 31.9 Å². The highest BCUT2D eigenvalue weighted by Crippen LogP contribution is 2.38. The number of methoxy groups -OCH3 is 2. The van der Waals surface area contributed by atoms with E-state index in [1.807, 2.05) is 12.1 Å². The van der Waals surface area contributed by atoms with E-state index in [9.17, 15) is 9.18 Å². The average Bonchev–Trinajstić information content (AvgIpc) is 3.55. The molecule has 6 rings (SSSR count). The first-order valence-electron chi connectivity index (χ1n) is 14.6. The molecule has 13 heteroatoms. The summed E-state index contributed by atoms with van der Waals surface area (Å²) in [4.78, 5) is 26.7. The van der Waals surface area contributed by atoms with E-state index in [1.165, 1.54) is 29.3 Å². The minimum atomic E-state index is -0.415. The van der Waals surface area contributed by atoms with E-state index in [4.69, 9.17) is 18.9 Å². The van der Waals surface area contributed by atoms with Gasteiger partial charge in [-0.15, -0.1) is 5.10 Å². The van der Waals surface area contributed by atoms with Crippen LogP contribution in [0.1, 0.15) is 18.5 Å². The van der Waals surface area contributed by atoms with Gasteiger partial charge in [0.25, 0.3) is 0 Å². The average molecular weight is 626 g/mol. The number of carbonyl (C=O) groups excluding carboxylic acids is 1. The lowest BCUT2D eigenvalue weighted by molar-refractivity contribution is -0.127. The molecule has 0 aliphatic carbocycles. The summed E-state index contributed by atoms with van der Waals surface area (Å²) in [6, 6.07) is 12.0. The lowest BCUT2D eigenvalue weighted by Crippen LogP contribution is -2.41. The molecule has 0 radical (unpaired) electrons. The van der Waals surface area contributed by atoms with Gasteiger partial charge in [-0.2, -0.15) is 0 Å². The number of hydrogen-bond donors (Lipinski definition) is 1. The summed E-state index contributed by atoms with van der Waals surface area (Å²) in [5.41, 5.74) is 2.08. The van der Waals surface area contributed by atoms with Crippen LogP contribution in [-0.4, -0.2) is 69.0 Å². The third kappa shape index (κ3) is 6.39. The molecule has 1 fully saturated rings. The number of carbonyl (C=O) groups is 1. The number of anilines is 2. The molecule has 1 N–H and O–H groups in total. The highest BCUT2D eigenvalue weighted by Gasteiger charge is 2.24. The number of pyridine rings is 1. The van der Waals surface area contributed by atoms with Crippen LogP contribution in [0.5, 0.6) is 28.9 Å². The number of benzene rings is 2. The highest BCUT2D eigenvalue weighted by molar-refractivity contribution is 5.93. The fourth-order valence-electron chi connectivity index (χ4n) is 5.13. The molecule has 2 aromatic carbocycles. The SMILES string of the molecule is C=CC(=O)N1CCC(Oc2cc3c(Nc4ccc(Oc5ccn(-c6cnc(C)c(F)c6)n5)cc4OC)ncnc3cc2OC)CC1. The number of likely N-dealkylation sites (tertiary alicyclic amines) is 1. The predicted molar refractivity (Wildman–Crippen MR) is 169 cm³/mol. The third-order valence-electron chi connectivity index (χ3n) is 7.63. The minimum absolute atomic E-state index is 0.0749. The smallest absolute Gasteiger partial charge is 0.245 e. The van der Waals surface area contributed by atoms with Crippen molar-refractivity contribution in [2.75, 3.05) is 32.6 Å². The second-order valence-corrected chi connectivity index (χ2v) is 10.5. The van der Waals surface area contributed by atoms with Gasteiger partial charge in [-0.05, 0) is 31.2 Å². The molecule has 0 bridgehead atoms. The number of aromatic nitrogens is 5. The summed E-state index contributed by atoms with van der Waals surface area (Å²) < 4.78 is 39.1. The molecule has 1 saturated heterocycles. The molecule has 1 amide bonds. The summed E-state index contributed by atoms with van der Waals surface area (Å²) in [7, 11) is 3.14. The number of aryl methyl sites for hydroxylation is 1. The van der Waals surface area contributed by atoms with Crippen molar-refractivity contribution in [3.05, 3.63) is 85.4 Å². The monoisotopic (exact) mass is 625 g/mol. The summed E-state index contributed by atoms with van der Waals surface area (Å²) in [6.07, 6.45) is 7.28. The molecule has 236 valence electrons. The Morgan fingerprint density at radius 3 is 2.57 bits per heavy atom. The van der Waals surface area contributed by atoms with Gasteiger partial charge >= 0.3 is 0 Å². The van der Waals surface area contributed by atoms with Crippen molar-refractivity contribution in [1.82, 2.24) is 29.6 Å². The Hall–Kier alpha value is -5.72. The maximum absolute atomic E-state index is 14.0. The Bertz CT molecular complexity index is 1910. The van der Waals surface area contributed by atoms with Gasteiger partial charge in [-0.1, -0.05) is 6.58 Å². The Morgan fingerprint density at radius 1 is 1.02 bits per heavy atom. The van der Waals surface area contributed by atoms with Gasteiger partial charge in [-0.3, -0.25) is 9.78 Å². The molecular formula is C33H32FN7O5. The summed E-state index contributed by atoms with van der Waals surface area (Å²) >= 11 is 0. The molecule has 12 nitrogen and oxygen atoms in total. The van der Waals surface area contributed by atoms with Gasteiger partial charge in [0.2, 0.25) is 11.8 Å². The van der Waals surface area contributed by atoms with Crippen LogP contribution in [0.25, 0.3) is 16.6 Å². The molecule has 5 aromatic rings. The third-order valence-corrected chi connectivity index (χ3v) is 7.63. The van der Waals surface area contributed by atoms with Gasteiger partial charge < -0.3 is 29.2 Å². The lowest BCUT2D eigenvalue weighted by atomic mass is 10.1. The maximum atomic E-state index is 14.0. The topological polar surface area (TPSA) is 126 Å². The number of rotatable bonds is 10. The van der Waals surface area contributed by atoms with Crippen LogP contribution < -0.4 is 24.3 Å². The molecule has 1 aliphatic heterocycles. The lowest BCUT2D eigenvalue weighted by Gasteiger charge is -2.31. The zero-order valence-corrected chi connectivity index (χ0v) is 25.6. The van der Waals surface area contributed by atoms with Crippen molar-refractivity contribution in [3.63, 3.8) is 0 Å². The van der Waals surface area contributed by atoms with Crippen molar-refractivity contribution in [1.29, 1.82) is 0 Å². The Morgan fingerprint density at radius 2 is 1.83 bits per heavy atom. The van der Waals surface area contributed by atoms with Crippen LogP contribution in [0.2, 0.25) is 0 Å². The Labute approximate surface area is 264 Å². The number of nitrogens with one attached hydrogen (secondary N) is 1. The summed E-state index contributed by atoms with van der Waals surface area (Å²) in [6.45, 7) is 6.35. The summed E-state index contributed by atoms with van der Waals surface area (Å²) in [5.74, 6) is 2.44. The Balaban J connectivity index is 1.20. The van der Waals surface area contributed by atoms with Gasteiger partial charge in [0.1, 0.15) is 35.6 Å². The van der Waals surface area contributed by atoms with Gasteiger partial charge in [0, 0.05) is 61.8 Å². The Kier molecular flexibility index (Phi) is 8.63. The number of ether oxygens (including phenoxy) is 4. The zero-order valence-electron chi connectivity index (χ0n) is 25.6. The fourth-order valence-corrected chi connectivity index (χ4v) is 5.13. The highest BCUT2D eigenvalue weighted by atomic mass is 19.1. The number of amides is 1. The predicted octanol–water partition coefficient (Wildman–Crippen LogP) is 5.77. The van der Waals surface area contributed by atoms with Crippen molar-refractivity contribution < 1.29 is 28.1 Å². The normalized spacial score (nSPS) is 13.3. The van der Waals surface area contributed by atoms with Gasteiger partial charge in [-0.25, -0.2) is 19.0 Å². The first-order chi connectivity index (χ1) is 22.3. The molecule has 46 heavy (non-hydrogen) atoms. The van der Waals surface area contributed by atoms with E-state index in [0.29, 0.717) is 88.6 Å². The van der Waals surface area contributed by atoms with Crippen molar-refractivity contribution in [2.24, 2.45) is 0 Å². The number of piperidine rings is 1. The zero-order chi connectivity index (χ0) is 32.2. The summed E-state index contributed by atoms with van der Waals surface area (Å²) in [5, 5.41) is 8.43. The fraction of sp³-hybridized carbons (Fsp3) is 0.242. The number of hydrogen-bond acceptors (Lipinski definition) is 10. The standard InChI is InChI=1S/C33H32FN7O5/c1-5-32(42)40-11-8-22(9-12-40)45-30-16-24-27(17-29(30)44-4)36-19-37-33(24)38-26-7-6-23(15-28(26)43-3)46-31-10-13-41(39-31)21-14-25(34)20(2)35-18-21/h5-7,10,13-19,22H,1,8-9,11-12H2,2-4H3,(H,36,37,38). The van der Waals surface area contributed by atoms with E-state index >= 15 is 0 Å². The minimum Gasteiger partial charge on any atom is -0.494 e. The number of fused-ring (bicyclic) bond motifs is 1. The van der Waals surface area contributed by atoms with Crippen LogP contribution in [0, 0.1) is 12.7 Å². The van der Waals surface area contributed by atoms with Crippen LogP contribution in [-0.2, 0) is 4.79 Å². The van der Waals surface area contributed by atoms with Crippen molar-refractivity contribution >= 4 is 28.3 Å². The molecule has 4 heterocycles. The largest absolute Gasteiger partial charge is 0.494 e. The first kappa shape index (κ1) is 30.3. The molecule has 1 aliphatic rings. The van der Waals surface area contributed by atoms with Gasteiger partial charge in [0.05, 0.1) is 43.0 Å². The van der Waals surface area contributed by atoms with Crippen molar-refractivity contribution in [3.8, 4) is 34.6 Å². The first-order valence-corrected chi connectivity index (χ1v) is 14.6. The quantitative estimate of drug-likeness (QED) is 0.191. The second-order valence-electron chi connectivity index (χ2n) is 10.5. The van der Waals surface area contributed by atoms with Crippen LogP contribution in [0.4, 0.5) is 15.9 Å².